The first-order valence-corrected chi connectivity index (χ1v) is 13.6. The number of aliphatic hydroxyl groups excluding tert-OH is 1. The average molecular weight is 505 g/mol. The molecule has 1 amide bonds. The fourth-order valence-corrected chi connectivity index (χ4v) is 5.27. The van der Waals surface area contributed by atoms with Crippen LogP contribution >= 0.6 is 0 Å². The highest BCUT2D eigenvalue weighted by atomic mass is 32.2. The lowest BCUT2D eigenvalue weighted by atomic mass is 10.0. The number of hydrogen-bond donors (Lipinski definition) is 2. The van der Waals surface area contributed by atoms with Crippen molar-refractivity contribution in [2.45, 2.75) is 43.9 Å². The van der Waals surface area contributed by atoms with Gasteiger partial charge in [0, 0.05) is 13.1 Å². The van der Waals surface area contributed by atoms with Crippen LogP contribution in [0.3, 0.4) is 0 Å². The predicted molar refractivity (Wildman–Crippen MR) is 129 cm³/mol. The normalized spacial score (nSPS) is 23.6. The van der Waals surface area contributed by atoms with E-state index in [2.05, 4.69) is 5.32 Å². The van der Waals surface area contributed by atoms with Gasteiger partial charge in [0.2, 0.25) is 10.0 Å². The summed E-state index contributed by atoms with van der Waals surface area (Å²) in [6.45, 7) is 0.751. The van der Waals surface area contributed by atoms with Gasteiger partial charge < -0.3 is 24.6 Å². The molecule has 0 aromatic heterocycles. The van der Waals surface area contributed by atoms with Gasteiger partial charge in [-0.25, -0.2) is 13.2 Å². The topological polar surface area (TPSA) is 114 Å². The average Bonchev–Trinajstić information content (AvgIpc) is 3.44. The van der Waals surface area contributed by atoms with Crippen molar-refractivity contribution < 1.29 is 32.5 Å². The molecule has 9 nitrogen and oxygen atoms in total. The number of ether oxygens (including phenoxy) is 3. The summed E-state index contributed by atoms with van der Waals surface area (Å²) in [5.41, 5.74) is 1.69. The number of hydrogen-bond acceptors (Lipinski definition) is 7. The SMILES string of the molecule is CS(=O)(=O)N(Cc1ccccc1)C[C@@H](O)[C@H](Cc1ccccc1)NC(=O)OC1COC2OCCC12. The summed E-state index contributed by atoms with van der Waals surface area (Å²) in [6.07, 6.45) is -0.472. The van der Waals surface area contributed by atoms with Crippen LogP contribution in [0, 0.1) is 5.92 Å². The molecule has 4 rings (SSSR count). The maximum atomic E-state index is 12.8. The quantitative estimate of drug-likeness (QED) is 0.508. The Morgan fingerprint density at radius 3 is 2.43 bits per heavy atom. The van der Waals surface area contributed by atoms with Crippen LogP contribution in [0.1, 0.15) is 17.5 Å². The Labute approximate surface area is 206 Å². The second kappa shape index (κ2) is 11.5. The van der Waals surface area contributed by atoms with E-state index in [0.29, 0.717) is 13.0 Å². The van der Waals surface area contributed by atoms with Crippen molar-refractivity contribution in [3.8, 4) is 0 Å². The maximum absolute atomic E-state index is 12.8. The summed E-state index contributed by atoms with van der Waals surface area (Å²) >= 11 is 0. The molecule has 2 heterocycles. The van der Waals surface area contributed by atoms with Crippen molar-refractivity contribution in [1.82, 2.24) is 9.62 Å². The highest BCUT2D eigenvalue weighted by Gasteiger charge is 2.44. The third-order valence-corrected chi connectivity index (χ3v) is 7.59. The Balaban J connectivity index is 1.45. The number of sulfonamides is 1. The Hall–Kier alpha value is -2.50. The molecule has 0 saturated carbocycles. The minimum Gasteiger partial charge on any atom is -0.443 e. The van der Waals surface area contributed by atoms with Crippen LogP contribution in [0.5, 0.6) is 0 Å². The first-order chi connectivity index (χ1) is 16.8. The largest absolute Gasteiger partial charge is 0.443 e. The van der Waals surface area contributed by atoms with Gasteiger partial charge in [-0.3, -0.25) is 0 Å². The third kappa shape index (κ3) is 7.02. The molecule has 190 valence electrons. The van der Waals surface area contributed by atoms with Gasteiger partial charge in [0.15, 0.2) is 6.29 Å². The molecule has 2 aliphatic heterocycles. The Kier molecular flexibility index (Phi) is 8.40. The van der Waals surface area contributed by atoms with Gasteiger partial charge >= 0.3 is 6.09 Å². The minimum atomic E-state index is -3.62. The summed E-state index contributed by atoms with van der Waals surface area (Å²) in [4.78, 5) is 12.8. The summed E-state index contributed by atoms with van der Waals surface area (Å²) in [5, 5.41) is 13.9. The number of amides is 1. The van der Waals surface area contributed by atoms with E-state index in [4.69, 9.17) is 14.2 Å². The van der Waals surface area contributed by atoms with E-state index in [0.717, 1.165) is 23.8 Å². The number of nitrogens with one attached hydrogen (secondary N) is 1. The van der Waals surface area contributed by atoms with Crippen LogP contribution in [0.2, 0.25) is 0 Å². The zero-order chi connectivity index (χ0) is 24.8. The fourth-order valence-electron chi connectivity index (χ4n) is 4.46. The van der Waals surface area contributed by atoms with Crippen LogP contribution in [0.15, 0.2) is 60.7 Å². The number of benzene rings is 2. The third-order valence-electron chi connectivity index (χ3n) is 6.37. The maximum Gasteiger partial charge on any atom is 0.407 e. The van der Waals surface area contributed by atoms with Gasteiger partial charge in [0.25, 0.3) is 0 Å². The van der Waals surface area contributed by atoms with Gasteiger partial charge in [-0.1, -0.05) is 60.7 Å². The predicted octanol–water partition coefficient (Wildman–Crippen LogP) is 1.91. The van der Waals surface area contributed by atoms with Crippen molar-refractivity contribution in [2.75, 3.05) is 26.0 Å². The lowest BCUT2D eigenvalue weighted by Crippen LogP contribution is -2.51. The number of alkyl carbamates (subject to hydrolysis) is 1. The number of nitrogens with zero attached hydrogens (tertiary/aromatic N) is 1. The molecule has 2 saturated heterocycles. The highest BCUT2D eigenvalue weighted by molar-refractivity contribution is 7.88. The molecule has 10 heteroatoms. The Morgan fingerprint density at radius 1 is 1.11 bits per heavy atom. The molecule has 0 spiro atoms. The first-order valence-electron chi connectivity index (χ1n) is 11.7. The molecular weight excluding hydrogens is 472 g/mol. The van der Waals surface area contributed by atoms with Crippen LogP contribution in [-0.4, -0.2) is 74.5 Å². The summed E-state index contributed by atoms with van der Waals surface area (Å²) in [5.74, 6) is -0.00940. The standard InChI is InChI=1S/C25H32N2O7S/c1-35(30,31)27(15-19-10-6-3-7-11-19)16-22(28)21(14-18-8-4-2-5-9-18)26-25(29)34-23-17-33-24-20(23)12-13-32-24/h2-11,20-24,28H,12-17H2,1H3,(H,26,29)/t20?,21-,22+,23?,24?/m0/s1. The molecular formula is C25H32N2O7S. The van der Waals surface area contributed by atoms with E-state index in [1.807, 2.05) is 60.7 Å². The summed E-state index contributed by atoms with van der Waals surface area (Å²) in [7, 11) is -3.62. The van der Waals surface area contributed by atoms with Crippen molar-refractivity contribution in [3.05, 3.63) is 71.8 Å². The number of carbonyl (C=O) groups is 1. The molecule has 0 aliphatic carbocycles. The molecule has 2 aromatic rings. The van der Waals surface area contributed by atoms with Gasteiger partial charge in [-0.2, -0.15) is 4.31 Å². The fraction of sp³-hybridized carbons (Fsp3) is 0.480. The van der Waals surface area contributed by atoms with Crippen LogP contribution in [0.25, 0.3) is 0 Å². The molecule has 2 fully saturated rings. The Bertz CT molecular complexity index is 1070. The second-order valence-electron chi connectivity index (χ2n) is 9.02. The van der Waals surface area contributed by atoms with Crippen molar-refractivity contribution >= 4 is 16.1 Å². The minimum absolute atomic E-state index is 0.00940. The van der Waals surface area contributed by atoms with E-state index >= 15 is 0 Å². The number of carbonyl (C=O) groups excluding carboxylic acids is 1. The molecule has 2 aliphatic rings. The molecule has 5 atom stereocenters. The zero-order valence-electron chi connectivity index (χ0n) is 19.7. The second-order valence-corrected chi connectivity index (χ2v) is 11.0. The molecule has 2 N–H and O–H groups in total. The van der Waals surface area contributed by atoms with Crippen molar-refractivity contribution in [3.63, 3.8) is 0 Å². The smallest absolute Gasteiger partial charge is 0.407 e. The number of fused-ring (bicyclic) bond motifs is 1. The molecule has 2 aromatic carbocycles. The van der Waals surface area contributed by atoms with E-state index in [9.17, 15) is 18.3 Å². The van der Waals surface area contributed by atoms with E-state index in [-0.39, 0.29) is 31.9 Å². The first kappa shape index (κ1) is 25.6. The molecule has 0 radical (unpaired) electrons. The van der Waals surface area contributed by atoms with Gasteiger partial charge in [0.1, 0.15) is 6.10 Å². The van der Waals surface area contributed by atoms with Crippen LogP contribution in [0.4, 0.5) is 4.79 Å². The van der Waals surface area contributed by atoms with Gasteiger partial charge in [-0.05, 0) is 24.0 Å². The Morgan fingerprint density at radius 2 is 1.77 bits per heavy atom. The number of rotatable bonds is 10. The van der Waals surface area contributed by atoms with E-state index in [1.165, 1.54) is 4.31 Å². The number of aliphatic hydroxyl groups is 1. The van der Waals surface area contributed by atoms with Gasteiger partial charge in [-0.15, -0.1) is 0 Å². The van der Waals surface area contributed by atoms with E-state index < -0.39 is 34.4 Å². The summed E-state index contributed by atoms with van der Waals surface area (Å²) < 4.78 is 42.8. The monoisotopic (exact) mass is 504 g/mol. The molecule has 35 heavy (non-hydrogen) atoms. The van der Waals surface area contributed by atoms with Crippen molar-refractivity contribution in [2.24, 2.45) is 5.92 Å². The highest BCUT2D eigenvalue weighted by Crippen LogP contribution is 2.33. The van der Waals surface area contributed by atoms with Gasteiger partial charge in [0.05, 0.1) is 37.5 Å². The van der Waals surface area contributed by atoms with Crippen LogP contribution in [-0.2, 0) is 37.2 Å². The lowest BCUT2D eigenvalue weighted by Gasteiger charge is -2.29. The zero-order valence-corrected chi connectivity index (χ0v) is 20.5. The van der Waals surface area contributed by atoms with Crippen molar-refractivity contribution in [1.29, 1.82) is 0 Å². The van der Waals surface area contributed by atoms with Crippen LogP contribution < -0.4 is 5.32 Å². The molecule has 0 bridgehead atoms. The summed E-state index contributed by atoms with van der Waals surface area (Å²) in [6, 6.07) is 17.8. The molecule has 3 unspecified atom stereocenters. The van der Waals surface area contributed by atoms with E-state index in [1.54, 1.807) is 0 Å². The lowest BCUT2D eigenvalue weighted by molar-refractivity contribution is -0.0907.